The number of carbonyl (C=O) groups is 1. The molecule has 0 saturated carbocycles. The summed E-state index contributed by atoms with van der Waals surface area (Å²) in [5.41, 5.74) is 2.40. The number of rotatable bonds is 2. The zero-order valence-electron chi connectivity index (χ0n) is 11.2. The van der Waals surface area contributed by atoms with Gasteiger partial charge in [-0.2, -0.15) is 0 Å². The molecule has 1 fully saturated rings. The third kappa shape index (κ3) is 2.17. The van der Waals surface area contributed by atoms with Crippen LogP contribution in [-0.4, -0.2) is 34.1 Å². The Kier molecular flexibility index (Phi) is 3.12. The Morgan fingerprint density at radius 3 is 2.84 bits per heavy atom. The smallest absolute Gasteiger partial charge is 0.308 e. The predicted molar refractivity (Wildman–Crippen MR) is 71.2 cm³/mol. The minimum atomic E-state index is -0.696. The highest BCUT2D eigenvalue weighted by molar-refractivity contribution is 5.72. The fraction of sp³-hybridized carbons (Fsp3) is 0.643. The first-order valence-electron chi connectivity index (χ1n) is 6.97. The minimum Gasteiger partial charge on any atom is -0.481 e. The lowest BCUT2D eigenvalue weighted by molar-refractivity contribution is -0.142. The average molecular weight is 261 g/mol. The van der Waals surface area contributed by atoms with Gasteiger partial charge in [-0.15, -0.1) is 0 Å². The second kappa shape index (κ2) is 4.79. The summed E-state index contributed by atoms with van der Waals surface area (Å²) in [4.78, 5) is 22.1. The van der Waals surface area contributed by atoms with Crippen LogP contribution in [-0.2, 0) is 17.6 Å². The Bertz CT molecular complexity index is 503. The van der Waals surface area contributed by atoms with Crippen LogP contribution >= 0.6 is 0 Å². The number of anilines is 1. The summed E-state index contributed by atoms with van der Waals surface area (Å²) in [5, 5.41) is 9.23. The SMILES string of the molecule is CC1CN(c2ncnc3c2CCCC3)CC1C(=O)O. The van der Waals surface area contributed by atoms with Crippen LogP contribution in [0.3, 0.4) is 0 Å². The van der Waals surface area contributed by atoms with Gasteiger partial charge in [0.2, 0.25) is 0 Å². The van der Waals surface area contributed by atoms with E-state index in [4.69, 9.17) is 0 Å². The Balaban J connectivity index is 1.89. The maximum atomic E-state index is 11.2. The van der Waals surface area contributed by atoms with Crippen LogP contribution in [0, 0.1) is 11.8 Å². The van der Waals surface area contributed by atoms with Crippen LogP contribution in [0.15, 0.2) is 6.33 Å². The summed E-state index contributed by atoms with van der Waals surface area (Å²) in [6.07, 6.45) is 6.04. The van der Waals surface area contributed by atoms with Crippen molar-refractivity contribution in [2.24, 2.45) is 11.8 Å². The summed E-state index contributed by atoms with van der Waals surface area (Å²) < 4.78 is 0. The molecule has 5 nitrogen and oxygen atoms in total. The largest absolute Gasteiger partial charge is 0.481 e. The van der Waals surface area contributed by atoms with Gasteiger partial charge in [0.05, 0.1) is 5.92 Å². The molecule has 2 aliphatic rings. The van der Waals surface area contributed by atoms with Gasteiger partial charge in [0, 0.05) is 24.3 Å². The van der Waals surface area contributed by atoms with Crippen molar-refractivity contribution < 1.29 is 9.90 Å². The highest BCUT2D eigenvalue weighted by Gasteiger charge is 2.36. The van der Waals surface area contributed by atoms with Crippen molar-refractivity contribution in [1.29, 1.82) is 0 Å². The fourth-order valence-corrected chi connectivity index (χ4v) is 3.24. The van der Waals surface area contributed by atoms with Crippen molar-refractivity contribution in [2.75, 3.05) is 18.0 Å². The summed E-state index contributed by atoms with van der Waals surface area (Å²) in [5.74, 6) is 0.166. The molecular formula is C14H19N3O2. The van der Waals surface area contributed by atoms with Crippen molar-refractivity contribution in [3.63, 3.8) is 0 Å². The number of nitrogens with zero attached hydrogens (tertiary/aromatic N) is 3. The second-order valence-electron chi connectivity index (χ2n) is 5.66. The topological polar surface area (TPSA) is 66.3 Å². The molecule has 2 heterocycles. The maximum absolute atomic E-state index is 11.2. The first-order chi connectivity index (χ1) is 9.16. The van der Waals surface area contributed by atoms with E-state index in [-0.39, 0.29) is 11.8 Å². The van der Waals surface area contributed by atoms with Crippen molar-refractivity contribution in [3.8, 4) is 0 Å². The molecule has 0 radical (unpaired) electrons. The molecule has 2 atom stereocenters. The lowest BCUT2D eigenvalue weighted by Crippen LogP contribution is -2.26. The zero-order valence-corrected chi connectivity index (χ0v) is 11.2. The second-order valence-corrected chi connectivity index (χ2v) is 5.66. The van der Waals surface area contributed by atoms with Crippen LogP contribution < -0.4 is 4.90 Å². The van der Waals surface area contributed by atoms with Gasteiger partial charge in [-0.1, -0.05) is 6.92 Å². The van der Waals surface area contributed by atoms with Gasteiger partial charge in [0.25, 0.3) is 0 Å². The Hall–Kier alpha value is -1.65. The van der Waals surface area contributed by atoms with Crippen LogP contribution in [0.5, 0.6) is 0 Å². The molecule has 0 spiro atoms. The lowest BCUT2D eigenvalue weighted by atomic mass is 9.96. The number of hydrogen-bond acceptors (Lipinski definition) is 4. The summed E-state index contributed by atoms with van der Waals surface area (Å²) in [6, 6.07) is 0. The molecule has 3 rings (SSSR count). The number of fused-ring (bicyclic) bond motifs is 1. The quantitative estimate of drug-likeness (QED) is 0.874. The highest BCUT2D eigenvalue weighted by Crippen LogP contribution is 2.32. The van der Waals surface area contributed by atoms with E-state index in [9.17, 15) is 9.90 Å². The van der Waals surface area contributed by atoms with E-state index in [1.807, 2.05) is 6.92 Å². The van der Waals surface area contributed by atoms with Crippen molar-refractivity contribution in [3.05, 3.63) is 17.6 Å². The van der Waals surface area contributed by atoms with Gasteiger partial charge < -0.3 is 10.0 Å². The van der Waals surface area contributed by atoms with Gasteiger partial charge >= 0.3 is 5.97 Å². The molecule has 5 heteroatoms. The number of carboxylic acid groups (broad SMARTS) is 1. The lowest BCUT2D eigenvalue weighted by Gasteiger charge is -2.24. The number of aryl methyl sites for hydroxylation is 1. The van der Waals surface area contributed by atoms with E-state index in [0.717, 1.165) is 30.9 Å². The number of aromatic nitrogens is 2. The van der Waals surface area contributed by atoms with Crippen molar-refractivity contribution in [1.82, 2.24) is 9.97 Å². The number of carboxylic acids is 1. The molecule has 1 N–H and O–H groups in total. The summed E-state index contributed by atoms with van der Waals surface area (Å²) >= 11 is 0. The first-order valence-corrected chi connectivity index (χ1v) is 6.97. The van der Waals surface area contributed by atoms with Crippen LogP contribution in [0.1, 0.15) is 31.0 Å². The molecule has 1 aromatic rings. The Morgan fingerprint density at radius 1 is 1.32 bits per heavy atom. The van der Waals surface area contributed by atoms with E-state index in [2.05, 4.69) is 14.9 Å². The zero-order chi connectivity index (χ0) is 13.4. The molecule has 102 valence electrons. The van der Waals surface area contributed by atoms with Crippen molar-refractivity contribution in [2.45, 2.75) is 32.6 Å². The van der Waals surface area contributed by atoms with E-state index in [0.29, 0.717) is 6.54 Å². The molecule has 1 saturated heterocycles. The van der Waals surface area contributed by atoms with Gasteiger partial charge in [0.1, 0.15) is 12.1 Å². The third-order valence-electron chi connectivity index (χ3n) is 4.33. The summed E-state index contributed by atoms with van der Waals surface area (Å²) in [6.45, 7) is 3.35. The van der Waals surface area contributed by atoms with E-state index in [1.165, 1.54) is 18.4 Å². The molecule has 0 amide bonds. The van der Waals surface area contributed by atoms with Gasteiger partial charge in [-0.25, -0.2) is 9.97 Å². The highest BCUT2D eigenvalue weighted by atomic mass is 16.4. The Morgan fingerprint density at radius 2 is 2.11 bits per heavy atom. The Labute approximate surface area is 112 Å². The number of aliphatic carboxylic acids is 1. The van der Waals surface area contributed by atoms with Crippen LogP contribution in [0.2, 0.25) is 0 Å². The van der Waals surface area contributed by atoms with Gasteiger partial charge in [-0.05, 0) is 31.6 Å². The van der Waals surface area contributed by atoms with Crippen LogP contribution in [0.25, 0.3) is 0 Å². The first kappa shape index (κ1) is 12.4. The van der Waals surface area contributed by atoms with Gasteiger partial charge in [0.15, 0.2) is 0 Å². The third-order valence-corrected chi connectivity index (χ3v) is 4.33. The molecular weight excluding hydrogens is 242 g/mol. The monoisotopic (exact) mass is 261 g/mol. The minimum absolute atomic E-state index is 0.173. The van der Waals surface area contributed by atoms with Crippen molar-refractivity contribution >= 4 is 11.8 Å². The predicted octanol–water partition coefficient (Wildman–Crippen LogP) is 1.51. The number of hydrogen-bond donors (Lipinski definition) is 1. The average Bonchev–Trinajstić information content (AvgIpc) is 2.80. The van der Waals surface area contributed by atoms with E-state index in [1.54, 1.807) is 6.33 Å². The summed E-state index contributed by atoms with van der Waals surface area (Å²) in [7, 11) is 0. The molecule has 1 aliphatic carbocycles. The molecule has 19 heavy (non-hydrogen) atoms. The van der Waals surface area contributed by atoms with Crippen LogP contribution in [0.4, 0.5) is 5.82 Å². The molecule has 0 bridgehead atoms. The van der Waals surface area contributed by atoms with Gasteiger partial charge in [-0.3, -0.25) is 4.79 Å². The molecule has 0 aromatic carbocycles. The molecule has 1 aromatic heterocycles. The standard InChI is InChI=1S/C14H19N3O2/c1-9-6-17(7-11(9)14(18)19)13-10-4-2-3-5-12(10)15-8-16-13/h8-9,11H,2-7H2,1H3,(H,18,19). The molecule has 1 aliphatic heterocycles. The molecule has 2 unspecified atom stereocenters. The normalized spacial score (nSPS) is 26.3. The van der Waals surface area contributed by atoms with E-state index >= 15 is 0 Å². The van der Waals surface area contributed by atoms with E-state index < -0.39 is 5.97 Å². The fourth-order valence-electron chi connectivity index (χ4n) is 3.24. The maximum Gasteiger partial charge on any atom is 0.308 e.